The Bertz CT molecular complexity index is 400. The number of benzene rings is 1. The van der Waals surface area contributed by atoms with E-state index in [1.165, 1.54) is 0 Å². The fourth-order valence-corrected chi connectivity index (χ4v) is 1.92. The van der Waals surface area contributed by atoms with Gasteiger partial charge in [-0.3, -0.25) is 4.79 Å². The minimum atomic E-state index is -0.122. The third-order valence-electron chi connectivity index (χ3n) is 2.52. The van der Waals surface area contributed by atoms with E-state index in [0.29, 0.717) is 23.9 Å². The molecule has 0 bridgehead atoms. The third kappa shape index (κ3) is 4.50. The minimum Gasteiger partial charge on any atom is -0.490 e. The summed E-state index contributed by atoms with van der Waals surface area (Å²) in [5.41, 5.74) is 0. The van der Waals surface area contributed by atoms with Crippen molar-refractivity contribution in [1.82, 2.24) is 4.90 Å². The number of nitrogens with zero attached hydrogens (tertiary/aromatic N) is 1. The van der Waals surface area contributed by atoms with Gasteiger partial charge in [-0.1, -0.05) is 46.6 Å². The lowest BCUT2D eigenvalue weighted by Crippen LogP contribution is -2.35. The number of halogens is 2. The van der Waals surface area contributed by atoms with Crippen LogP contribution in [0, 0.1) is 0 Å². The molecule has 1 atom stereocenters. The highest BCUT2D eigenvalue weighted by Crippen LogP contribution is 2.22. The third-order valence-corrected chi connectivity index (χ3v) is 3.87. The molecule has 1 rings (SSSR count). The van der Waals surface area contributed by atoms with Crippen molar-refractivity contribution in [2.45, 2.75) is 18.2 Å². The number of likely N-dealkylation sites (N-methyl/N-ethyl adjacent to an activating group) is 1. The summed E-state index contributed by atoms with van der Waals surface area (Å²) in [4.78, 5) is 13.3. The maximum Gasteiger partial charge on any atom is 0.236 e. The summed E-state index contributed by atoms with van der Waals surface area (Å²) >= 11 is 9.30. The van der Waals surface area contributed by atoms with Gasteiger partial charge in [0.05, 0.1) is 16.4 Å². The molecule has 0 saturated heterocycles. The Morgan fingerprint density at radius 1 is 1.50 bits per heavy atom. The first-order valence-corrected chi connectivity index (χ1v) is 7.12. The lowest BCUT2D eigenvalue weighted by atomic mass is 10.3. The van der Waals surface area contributed by atoms with E-state index in [2.05, 4.69) is 15.9 Å². The second kappa shape index (κ2) is 7.64. The standard InChI is InChI=1S/C13H17BrClNO2/c1-3-10(14)13(17)16(2)8-9-18-12-7-5-4-6-11(12)15/h4-7,10H,3,8-9H2,1-2H3. The first-order chi connectivity index (χ1) is 8.56. The van der Waals surface area contributed by atoms with E-state index in [-0.39, 0.29) is 10.7 Å². The van der Waals surface area contributed by atoms with Crippen molar-refractivity contribution in [3.8, 4) is 5.75 Å². The summed E-state index contributed by atoms with van der Waals surface area (Å²) in [7, 11) is 1.77. The lowest BCUT2D eigenvalue weighted by molar-refractivity contribution is -0.129. The minimum absolute atomic E-state index is 0.0697. The SMILES string of the molecule is CCC(Br)C(=O)N(C)CCOc1ccccc1Cl. The molecular weight excluding hydrogens is 318 g/mol. The normalized spacial score (nSPS) is 12.0. The molecule has 0 aliphatic rings. The number of rotatable bonds is 6. The molecule has 0 aliphatic carbocycles. The van der Waals surface area contributed by atoms with Gasteiger partial charge in [-0.05, 0) is 18.6 Å². The number of ether oxygens (including phenoxy) is 1. The van der Waals surface area contributed by atoms with Crippen LogP contribution in [0.3, 0.4) is 0 Å². The van der Waals surface area contributed by atoms with Crippen LogP contribution in [0.2, 0.25) is 5.02 Å². The van der Waals surface area contributed by atoms with Crippen molar-refractivity contribution >= 4 is 33.4 Å². The molecule has 0 N–H and O–H groups in total. The zero-order chi connectivity index (χ0) is 13.5. The van der Waals surface area contributed by atoms with Crippen LogP contribution in [-0.4, -0.2) is 35.8 Å². The first-order valence-electron chi connectivity index (χ1n) is 5.82. The molecule has 18 heavy (non-hydrogen) atoms. The molecule has 1 aromatic rings. The van der Waals surface area contributed by atoms with Crippen LogP contribution in [0.15, 0.2) is 24.3 Å². The molecule has 0 aliphatic heterocycles. The Morgan fingerprint density at radius 2 is 2.17 bits per heavy atom. The number of carbonyl (C=O) groups is 1. The smallest absolute Gasteiger partial charge is 0.236 e. The largest absolute Gasteiger partial charge is 0.490 e. The summed E-state index contributed by atoms with van der Waals surface area (Å²) in [5, 5.41) is 0.582. The Balaban J connectivity index is 2.38. The molecule has 0 spiro atoms. The van der Waals surface area contributed by atoms with Gasteiger partial charge in [0.1, 0.15) is 12.4 Å². The fourth-order valence-electron chi connectivity index (χ4n) is 1.38. The Labute approximate surface area is 121 Å². The number of carbonyl (C=O) groups excluding carboxylic acids is 1. The summed E-state index contributed by atoms with van der Waals surface area (Å²) in [5.74, 6) is 0.714. The number of para-hydroxylation sites is 1. The van der Waals surface area contributed by atoms with Crippen LogP contribution in [0.25, 0.3) is 0 Å². The molecule has 1 aromatic carbocycles. The molecule has 0 aromatic heterocycles. The topological polar surface area (TPSA) is 29.5 Å². The van der Waals surface area contributed by atoms with Gasteiger partial charge >= 0.3 is 0 Å². The van der Waals surface area contributed by atoms with Crippen LogP contribution in [0.4, 0.5) is 0 Å². The van der Waals surface area contributed by atoms with E-state index in [1.807, 2.05) is 25.1 Å². The molecule has 0 saturated carbocycles. The van der Waals surface area contributed by atoms with E-state index in [4.69, 9.17) is 16.3 Å². The van der Waals surface area contributed by atoms with Gasteiger partial charge in [0.25, 0.3) is 0 Å². The Hall–Kier alpha value is -0.740. The van der Waals surface area contributed by atoms with Crippen molar-refractivity contribution in [3.05, 3.63) is 29.3 Å². The van der Waals surface area contributed by atoms with Gasteiger partial charge in [-0.2, -0.15) is 0 Å². The van der Waals surface area contributed by atoms with Crippen molar-refractivity contribution in [1.29, 1.82) is 0 Å². The maximum absolute atomic E-state index is 11.8. The monoisotopic (exact) mass is 333 g/mol. The molecule has 1 amide bonds. The van der Waals surface area contributed by atoms with Gasteiger partial charge in [-0.15, -0.1) is 0 Å². The Morgan fingerprint density at radius 3 is 2.78 bits per heavy atom. The maximum atomic E-state index is 11.8. The molecular formula is C13H17BrClNO2. The number of hydrogen-bond donors (Lipinski definition) is 0. The summed E-state index contributed by atoms with van der Waals surface area (Å²) < 4.78 is 5.53. The van der Waals surface area contributed by atoms with E-state index < -0.39 is 0 Å². The van der Waals surface area contributed by atoms with Crippen LogP contribution >= 0.6 is 27.5 Å². The van der Waals surface area contributed by atoms with E-state index in [1.54, 1.807) is 18.0 Å². The van der Waals surface area contributed by atoms with Crippen LogP contribution in [0.1, 0.15) is 13.3 Å². The second-order valence-electron chi connectivity index (χ2n) is 3.91. The number of amides is 1. The van der Waals surface area contributed by atoms with Crippen molar-refractivity contribution < 1.29 is 9.53 Å². The highest BCUT2D eigenvalue weighted by Gasteiger charge is 2.16. The highest BCUT2D eigenvalue weighted by atomic mass is 79.9. The number of alkyl halides is 1. The van der Waals surface area contributed by atoms with E-state index >= 15 is 0 Å². The van der Waals surface area contributed by atoms with Crippen molar-refractivity contribution in [2.75, 3.05) is 20.2 Å². The van der Waals surface area contributed by atoms with Crippen LogP contribution < -0.4 is 4.74 Å². The average molecular weight is 335 g/mol. The number of hydrogen-bond acceptors (Lipinski definition) is 2. The molecule has 100 valence electrons. The summed E-state index contributed by atoms with van der Waals surface area (Å²) in [6.07, 6.45) is 0.772. The molecule has 1 unspecified atom stereocenters. The molecule has 5 heteroatoms. The first kappa shape index (κ1) is 15.3. The average Bonchev–Trinajstić information content (AvgIpc) is 2.39. The summed E-state index contributed by atoms with van der Waals surface area (Å²) in [6.45, 7) is 2.92. The van der Waals surface area contributed by atoms with Crippen molar-refractivity contribution in [3.63, 3.8) is 0 Å². The summed E-state index contributed by atoms with van der Waals surface area (Å²) in [6, 6.07) is 7.30. The van der Waals surface area contributed by atoms with Gasteiger partial charge < -0.3 is 9.64 Å². The van der Waals surface area contributed by atoms with Gasteiger partial charge in [-0.25, -0.2) is 0 Å². The highest BCUT2D eigenvalue weighted by molar-refractivity contribution is 9.10. The molecule has 0 fully saturated rings. The van der Waals surface area contributed by atoms with Crippen LogP contribution in [0.5, 0.6) is 5.75 Å². The molecule has 3 nitrogen and oxygen atoms in total. The Kier molecular flexibility index (Phi) is 6.50. The second-order valence-corrected chi connectivity index (χ2v) is 5.43. The van der Waals surface area contributed by atoms with Crippen LogP contribution in [-0.2, 0) is 4.79 Å². The van der Waals surface area contributed by atoms with Gasteiger partial charge in [0.15, 0.2) is 0 Å². The molecule has 0 heterocycles. The van der Waals surface area contributed by atoms with Gasteiger partial charge in [0.2, 0.25) is 5.91 Å². The van der Waals surface area contributed by atoms with Gasteiger partial charge in [0, 0.05) is 7.05 Å². The zero-order valence-corrected chi connectivity index (χ0v) is 12.9. The molecule has 0 radical (unpaired) electrons. The lowest BCUT2D eigenvalue weighted by Gasteiger charge is -2.20. The van der Waals surface area contributed by atoms with Crippen molar-refractivity contribution in [2.24, 2.45) is 0 Å². The quantitative estimate of drug-likeness (QED) is 0.747. The zero-order valence-electron chi connectivity index (χ0n) is 10.5. The van der Waals surface area contributed by atoms with E-state index in [9.17, 15) is 4.79 Å². The predicted molar refractivity (Wildman–Crippen MR) is 77.6 cm³/mol. The fraction of sp³-hybridized carbons (Fsp3) is 0.462. The predicted octanol–water partition coefficient (Wildman–Crippen LogP) is 3.35. The van der Waals surface area contributed by atoms with E-state index in [0.717, 1.165) is 6.42 Å².